The van der Waals surface area contributed by atoms with Gasteiger partial charge in [0.2, 0.25) is 0 Å². The van der Waals surface area contributed by atoms with E-state index in [0.29, 0.717) is 0 Å². The molecule has 0 N–H and O–H groups in total. The maximum absolute atomic E-state index is 10.2. The molecule has 0 atom stereocenters. The standard InChI is InChI=1S/C26H50O2.Li/c1-2-3-4-5-6-7-8-9-10-11-12-13-14-15-16-17-18-19-20-21-22-23-24-25-26(27)28;/h24-25H,2-23H2,1H3,(H,27,28);/q;+1/p-1. The van der Waals surface area contributed by atoms with E-state index < -0.39 is 5.97 Å². The number of aliphatic carboxylic acids is 1. The zero-order valence-corrected chi connectivity index (χ0v) is 20.0. The van der Waals surface area contributed by atoms with Crippen LogP contribution in [-0.4, -0.2) is 5.97 Å². The van der Waals surface area contributed by atoms with Crippen LogP contribution in [0.4, 0.5) is 0 Å². The Hall–Kier alpha value is -0.193. The van der Waals surface area contributed by atoms with Gasteiger partial charge in [-0.05, 0) is 18.9 Å². The predicted molar refractivity (Wildman–Crippen MR) is 121 cm³/mol. The van der Waals surface area contributed by atoms with Gasteiger partial charge < -0.3 is 9.90 Å². The van der Waals surface area contributed by atoms with E-state index in [4.69, 9.17) is 0 Å². The second-order valence-corrected chi connectivity index (χ2v) is 8.58. The van der Waals surface area contributed by atoms with Crippen molar-refractivity contribution in [1.29, 1.82) is 0 Å². The summed E-state index contributed by atoms with van der Waals surface area (Å²) in [7, 11) is 0. The molecule has 0 rings (SSSR count). The summed E-state index contributed by atoms with van der Waals surface area (Å²) < 4.78 is 0. The van der Waals surface area contributed by atoms with Crippen molar-refractivity contribution in [3.8, 4) is 0 Å². The van der Waals surface area contributed by atoms with E-state index in [9.17, 15) is 9.90 Å². The maximum Gasteiger partial charge on any atom is 1.00 e. The molecule has 3 heteroatoms. The number of carbonyl (C=O) groups is 1. The molecule has 0 aliphatic rings. The topological polar surface area (TPSA) is 40.1 Å². The minimum absolute atomic E-state index is 0. The molecule has 2 nitrogen and oxygen atoms in total. The summed E-state index contributed by atoms with van der Waals surface area (Å²) >= 11 is 0. The second kappa shape index (κ2) is 27.8. The summed E-state index contributed by atoms with van der Waals surface area (Å²) in [5.41, 5.74) is 0. The minimum atomic E-state index is -1.08. The summed E-state index contributed by atoms with van der Waals surface area (Å²) in [5.74, 6) is -1.08. The average Bonchev–Trinajstić information content (AvgIpc) is 2.68. The van der Waals surface area contributed by atoms with E-state index in [1.165, 1.54) is 128 Å². The van der Waals surface area contributed by atoms with Crippen molar-refractivity contribution in [2.24, 2.45) is 0 Å². The molecule has 0 spiro atoms. The molecule has 0 aliphatic carbocycles. The fourth-order valence-corrected chi connectivity index (χ4v) is 3.87. The molecule has 29 heavy (non-hydrogen) atoms. The SMILES string of the molecule is CCCCCCCCCCCCCCCCCCCCCCCC=CC(=O)[O-].[Li+]. The van der Waals surface area contributed by atoms with E-state index in [2.05, 4.69) is 6.92 Å². The summed E-state index contributed by atoms with van der Waals surface area (Å²) in [6.45, 7) is 2.29. The molecule has 0 saturated heterocycles. The largest absolute Gasteiger partial charge is 1.00 e. The number of rotatable bonds is 23. The zero-order valence-electron chi connectivity index (χ0n) is 20.0. The first-order valence-corrected chi connectivity index (χ1v) is 12.6. The Bertz CT molecular complexity index is 342. The Labute approximate surface area is 194 Å². The van der Waals surface area contributed by atoms with Crippen molar-refractivity contribution in [3.63, 3.8) is 0 Å². The van der Waals surface area contributed by atoms with Gasteiger partial charge in [-0.15, -0.1) is 0 Å². The van der Waals surface area contributed by atoms with Crippen LogP contribution in [0, 0.1) is 0 Å². The van der Waals surface area contributed by atoms with Crippen LogP contribution >= 0.6 is 0 Å². The van der Waals surface area contributed by atoms with Crippen LogP contribution in [0.25, 0.3) is 0 Å². The van der Waals surface area contributed by atoms with Crippen LogP contribution in [0.5, 0.6) is 0 Å². The average molecular weight is 401 g/mol. The number of hydrogen-bond acceptors (Lipinski definition) is 2. The fourth-order valence-electron chi connectivity index (χ4n) is 3.87. The first-order valence-electron chi connectivity index (χ1n) is 12.6. The van der Waals surface area contributed by atoms with Gasteiger partial charge in [-0.3, -0.25) is 0 Å². The molecule has 0 radical (unpaired) electrons. The van der Waals surface area contributed by atoms with Crippen molar-refractivity contribution in [2.45, 2.75) is 148 Å². The van der Waals surface area contributed by atoms with Crippen molar-refractivity contribution in [1.82, 2.24) is 0 Å². The Morgan fingerprint density at radius 2 is 0.828 bits per heavy atom. The molecule has 0 aromatic rings. The molecule has 0 heterocycles. The number of allylic oxidation sites excluding steroid dienone is 1. The van der Waals surface area contributed by atoms with Crippen LogP contribution in [0.1, 0.15) is 148 Å². The molecule has 0 bridgehead atoms. The van der Waals surface area contributed by atoms with Crippen LogP contribution in [0.15, 0.2) is 12.2 Å². The van der Waals surface area contributed by atoms with Gasteiger partial charge in [-0.1, -0.05) is 141 Å². The summed E-state index contributed by atoms with van der Waals surface area (Å²) in [6.07, 6.45) is 33.0. The minimum Gasteiger partial charge on any atom is -0.545 e. The van der Waals surface area contributed by atoms with E-state index in [1.54, 1.807) is 6.08 Å². The molecule has 0 saturated carbocycles. The Morgan fingerprint density at radius 1 is 0.552 bits per heavy atom. The molecule has 0 amide bonds. The molecular weight excluding hydrogens is 351 g/mol. The van der Waals surface area contributed by atoms with Gasteiger partial charge >= 0.3 is 18.9 Å². The fraction of sp³-hybridized carbons (Fsp3) is 0.885. The second-order valence-electron chi connectivity index (χ2n) is 8.58. The Kier molecular flexibility index (Phi) is 29.7. The van der Waals surface area contributed by atoms with Crippen molar-refractivity contribution < 1.29 is 28.8 Å². The molecule has 0 fully saturated rings. The van der Waals surface area contributed by atoms with Crippen LogP contribution in [0.2, 0.25) is 0 Å². The Balaban J connectivity index is 0. The number of unbranched alkanes of at least 4 members (excludes halogenated alkanes) is 21. The molecule has 0 aromatic carbocycles. The number of carbonyl (C=O) groups excluding carboxylic acids is 1. The van der Waals surface area contributed by atoms with E-state index >= 15 is 0 Å². The van der Waals surface area contributed by atoms with Gasteiger partial charge in [0.1, 0.15) is 0 Å². The monoisotopic (exact) mass is 400 g/mol. The normalized spacial score (nSPS) is 11.1. The van der Waals surface area contributed by atoms with E-state index in [0.717, 1.165) is 18.9 Å². The van der Waals surface area contributed by atoms with Gasteiger partial charge in [-0.2, -0.15) is 0 Å². The van der Waals surface area contributed by atoms with E-state index in [-0.39, 0.29) is 18.9 Å². The van der Waals surface area contributed by atoms with Gasteiger partial charge in [0.15, 0.2) is 0 Å². The number of hydrogen-bond donors (Lipinski definition) is 0. The molecule has 0 aliphatic heterocycles. The Morgan fingerprint density at radius 3 is 1.10 bits per heavy atom. The first kappa shape index (κ1) is 31.0. The maximum atomic E-state index is 10.2. The van der Waals surface area contributed by atoms with Crippen molar-refractivity contribution in [3.05, 3.63) is 12.2 Å². The third-order valence-corrected chi connectivity index (χ3v) is 5.73. The number of carboxylic acids is 1. The zero-order chi connectivity index (χ0) is 20.5. The van der Waals surface area contributed by atoms with Gasteiger partial charge in [0.05, 0.1) is 5.97 Å². The first-order chi connectivity index (χ1) is 13.8. The third kappa shape index (κ3) is 30.1. The van der Waals surface area contributed by atoms with Crippen molar-refractivity contribution in [2.75, 3.05) is 0 Å². The van der Waals surface area contributed by atoms with Gasteiger partial charge in [0, 0.05) is 0 Å². The van der Waals surface area contributed by atoms with Gasteiger partial charge in [0.25, 0.3) is 0 Å². The molecule has 0 aromatic heterocycles. The van der Waals surface area contributed by atoms with Crippen LogP contribution in [0.3, 0.4) is 0 Å². The quantitative estimate of drug-likeness (QED) is 0.139. The number of carboxylic acid groups (broad SMARTS) is 1. The molecule has 0 unspecified atom stereocenters. The van der Waals surface area contributed by atoms with Crippen LogP contribution in [-0.2, 0) is 4.79 Å². The summed E-state index contributed by atoms with van der Waals surface area (Å²) in [4.78, 5) is 10.2. The van der Waals surface area contributed by atoms with Crippen LogP contribution < -0.4 is 24.0 Å². The van der Waals surface area contributed by atoms with E-state index in [1.807, 2.05) is 0 Å². The molecular formula is C26H49LiO2. The van der Waals surface area contributed by atoms with Gasteiger partial charge in [-0.25, -0.2) is 0 Å². The van der Waals surface area contributed by atoms with Crippen molar-refractivity contribution >= 4 is 5.97 Å². The smallest absolute Gasteiger partial charge is 0.545 e. The summed E-state index contributed by atoms with van der Waals surface area (Å²) in [6, 6.07) is 0. The molecule has 166 valence electrons. The summed E-state index contributed by atoms with van der Waals surface area (Å²) in [5, 5.41) is 10.2. The predicted octanol–water partition coefficient (Wildman–Crippen LogP) is 4.90. The third-order valence-electron chi connectivity index (χ3n) is 5.73.